The van der Waals surface area contributed by atoms with Crippen molar-refractivity contribution in [3.8, 4) is 5.75 Å². The summed E-state index contributed by atoms with van der Waals surface area (Å²) in [5, 5.41) is 13.5. The van der Waals surface area contributed by atoms with Crippen LogP contribution in [0.4, 0.5) is 5.69 Å². The third-order valence-corrected chi connectivity index (χ3v) is 6.03. The zero-order chi connectivity index (χ0) is 22.0. The molecule has 0 spiro atoms. The summed E-state index contributed by atoms with van der Waals surface area (Å²) in [6, 6.07) is 16.1. The highest BCUT2D eigenvalue weighted by molar-refractivity contribution is 6.31. The van der Waals surface area contributed by atoms with E-state index in [1.807, 2.05) is 35.0 Å². The van der Waals surface area contributed by atoms with Gasteiger partial charge in [0.15, 0.2) is 5.82 Å². The molecular weight excluding hydrogens is 412 g/mol. The van der Waals surface area contributed by atoms with Crippen LogP contribution >= 0.6 is 11.6 Å². The van der Waals surface area contributed by atoms with Gasteiger partial charge < -0.3 is 9.64 Å². The van der Waals surface area contributed by atoms with E-state index in [1.165, 1.54) is 5.69 Å². The van der Waals surface area contributed by atoms with E-state index in [-0.39, 0.29) is 11.6 Å². The fourth-order valence-electron chi connectivity index (χ4n) is 4.07. The Hall–Kier alpha value is -2.64. The SMILES string of the molecule is COc1ccc(N2CCN([C@H](c3ccccc3Cl)c3nnnn3C(C)(C)C)CC2)cc1. The lowest BCUT2D eigenvalue weighted by Gasteiger charge is -2.40. The number of hydrogen-bond acceptors (Lipinski definition) is 6. The molecule has 1 aliphatic heterocycles. The number of nitrogens with zero attached hydrogens (tertiary/aromatic N) is 6. The van der Waals surface area contributed by atoms with Crippen molar-refractivity contribution in [2.24, 2.45) is 0 Å². The maximum atomic E-state index is 6.65. The zero-order valence-electron chi connectivity index (χ0n) is 18.5. The van der Waals surface area contributed by atoms with Crippen molar-refractivity contribution in [3.05, 3.63) is 64.9 Å². The topological polar surface area (TPSA) is 59.3 Å². The fraction of sp³-hybridized carbons (Fsp3) is 0.435. The van der Waals surface area contributed by atoms with Crippen molar-refractivity contribution in [1.82, 2.24) is 25.1 Å². The molecular formula is C23H29ClN6O. The summed E-state index contributed by atoms with van der Waals surface area (Å²) in [7, 11) is 1.69. The first-order valence-electron chi connectivity index (χ1n) is 10.5. The average molecular weight is 441 g/mol. The normalized spacial score (nSPS) is 16.4. The van der Waals surface area contributed by atoms with E-state index >= 15 is 0 Å². The first-order chi connectivity index (χ1) is 14.9. The highest BCUT2D eigenvalue weighted by atomic mass is 35.5. The van der Waals surface area contributed by atoms with Gasteiger partial charge >= 0.3 is 0 Å². The molecule has 1 atom stereocenters. The van der Waals surface area contributed by atoms with Crippen LogP contribution in [0.5, 0.6) is 5.75 Å². The van der Waals surface area contributed by atoms with E-state index in [9.17, 15) is 0 Å². The summed E-state index contributed by atoms with van der Waals surface area (Å²) in [5.41, 5.74) is 2.00. The number of benzene rings is 2. The van der Waals surface area contributed by atoms with Gasteiger partial charge in [0.05, 0.1) is 18.7 Å². The molecule has 0 amide bonds. The van der Waals surface area contributed by atoms with Gasteiger partial charge in [-0.15, -0.1) is 5.10 Å². The van der Waals surface area contributed by atoms with Gasteiger partial charge in [0.25, 0.3) is 0 Å². The molecule has 2 aromatic carbocycles. The number of piperazine rings is 1. The van der Waals surface area contributed by atoms with E-state index < -0.39 is 0 Å². The molecule has 0 saturated carbocycles. The van der Waals surface area contributed by atoms with Crippen molar-refractivity contribution >= 4 is 17.3 Å². The van der Waals surface area contributed by atoms with Gasteiger partial charge in [-0.1, -0.05) is 29.8 Å². The molecule has 31 heavy (non-hydrogen) atoms. The number of rotatable bonds is 5. The Morgan fingerprint density at radius 1 is 0.968 bits per heavy atom. The van der Waals surface area contributed by atoms with Crippen LogP contribution in [0.2, 0.25) is 5.02 Å². The molecule has 0 N–H and O–H groups in total. The van der Waals surface area contributed by atoms with Crippen LogP contribution in [0.25, 0.3) is 0 Å². The lowest BCUT2D eigenvalue weighted by molar-refractivity contribution is 0.191. The van der Waals surface area contributed by atoms with Gasteiger partial charge in [-0.05, 0) is 67.1 Å². The molecule has 1 aliphatic rings. The fourth-order valence-corrected chi connectivity index (χ4v) is 4.31. The predicted octanol–water partition coefficient (Wildman–Crippen LogP) is 4.00. The van der Waals surface area contributed by atoms with Crippen LogP contribution in [0.3, 0.4) is 0 Å². The second kappa shape index (κ2) is 8.85. The minimum absolute atomic E-state index is 0.110. The van der Waals surface area contributed by atoms with E-state index in [1.54, 1.807) is 7.11 Å². The summed E-state index contributed by atoms with van der Waals surface area (Å²) in [6.07, 6.45) is 0. The first kappa shape index (κ1) is 21.6. The van der Waals surface area contributed by atoms with Crippen LogP contribution in [-0.4, -0.2) is 58.4 Å². The number of aromatic nitrogens is 4. The second-order valence-corrected chi connectivity index (χ2v) is 9.17. The predicted molar refractivity (Wildman–Crippen MR) is 123 cm³/mol. The van der Waals surface area contributed by atoms with Crippen molar-refractivity contribution in [2.75, 3.05) is 38.2 Å². The molecule has 0 aliphatic carbocycles. The van der Waals surface area contributed by atoms with Crippen LogP contribution in [0.1, 0.15) is 38.2 Å². The standard InChI is InChI=1S/C23H29ClN6O/c1-23(2,3)30-22(25-26-27-30)21(19-7-5-6-8-20(19)24)29-15-13-28(14-16-29)17-9-11-18(31-4)12-10-17/h5-12,21H,13-16H2,1-4H3/t21-/m1/s1. The van der Waals surface area contributed by atoms with E-state index in [0.29, 0.717) is 0 Å². The summed E-state index contributed by atoms with van der Waals surface area (Å²) in [5.74, 6) is 1.69. The molecule has 0 unspecified atom stereocenters. The summed E-state index contributed by atoms with van der Waals surface area (Å²) >= 11 is 6.65. The minimum atomic E-state index is -0.233. The molecule has 164 valence electrons. The Bertz CT molecular complexity index is 1010. The summed E-state index contributed by atoms with van der Waals surface area (Å²) in [4.78, 5) is 4.82. The molecule has 0 bridgehead atoms. The molecule has 4 rings (SSSR count). The van der Waals surface area contributed by atoms with Crippen molar-refractivity contribution in [2.45, 2.75) is 32.4 Å². The molecule has 0 radical (unpaired) electrons. The first-order valence-corrected chi connectivity index (χ1v) is 10.9. The number of tetrazole rings is 1. The molecule has 2 heterocycles. The van der Waals surface area contributed by atoms with E-state index in [4.69, 9.17) is 16.3 Å². The van der Waals surface area contributed by atoms with E-state index in [2.05, 4.69) is 64.3 Å². The molecule has 1 fully saturated rings. The van der Waals surface area contributed by atoms with Gasteiger partial charge in [-0.25, -0.2) is 4.68 Å². The Labute approximate surface area is 188 Å². The molecule has 8 heteroatoms. The number of methoxy groups -OCH3 is 1. The lowest BCUT2D eigenvalue weighted by Crippen LogP contribution is -2.48. The summed E-state index contributed by atoms with van der Waals surface area (Å²) in [6.45, 7) is 9.89. The Balaban J connectivity index is 1.62. The van der Waals surface area contributed by atoms with Gasteiger partial charge in [-0.2, -0.15) is 0 Å². The number of hydrogen-bond donors (Lipinski definition) is 0. The van der Waals surface area contributed by atoms with Crippen molar-refractivity contribution in [3.63, 3.8) is 0 Å². The maximum Gasteiger partial charge on any atom is 0.173 e. The third-order valence-electron chi connectivity index (χ3n) is 5.69. The Morgan fingerprint density at radius 2 is 1.65 bits per heavy atom. The average Bonchev–Trinajstić information content (AvgIpc) is 3.26. The quantitative estimate of drug-likeness (QED) is 0.597. The molecule has 1 saturated heterocycles. The maximum absolute atomic E-state index is 6.65. The monoisotopic (exact) mass is 440 g/mol. The highest BCUT2D eigenvalue weighted by Crippen LogP contribution is 2.34. The minimum Gasteiger partial charge on any atom is -0.497 e. The largest absolute Gasteiger partial charge is 0.497 e. The van der Waals surface area contributed by atoms with Gasteiger partial charge in [-0.3, -0.25) is 4.90 Å². The Kier molecular flexibility index (Phi) is 6.16. The Morgan fingerprint density at radius 3 is 2.26 bits per heavy atom. The van der Waals surface area contributed by atoms with Crippen LogP contribution in [0.15, 0.2) is 48.5 Å². The van der Waals surface area contributed by atoms with Crippen LogP contribution < -0.4 is 9.64 Å². The lowest BCUT2D eigenvalue weighted by atomic mass is 10.0. The van der Waals surface area contributed by atoms with Gasteiger partial charge in [0.2, 0.25) is 0 Å². The molecule has 1 aromatic heterocycles. The summed E-state index contributed by atoms with van der Waals surface area (Å²) < 4.78 is 7.20. The van der Waals surface area contributed by atoms with Gasteiger partial charge in [0, 0.05) is 36.9 Å². The van der Waals surface area contributed by atoms with Crippen LogP contribution in [0, 0.1) is 0 Å². The third kappa shape index (κ3) is 4.52. The zero-order valence-corrected chi connectivity index (χ0v) is 19.3. The number of halogens is 1. The van der Waals surface area contributed by atoms with Crippen LogP contribution in [-0.2, 0) is 5.54 Å². The van der Waals surface area contributed by atoms with Gasteiger partial charge in [0.1, 0.15) is 5.75 Å². The van der Waals surface area contributed by atoms with Crippen molar-refractivity contribution in [1.29, 1.82) is 0 Å². The van der Waals surface area contributed by atoms with Crippen molar-refractivity contribution < 1.29 is 4.74 Å². The smallest absolute Gasteiger partial charge is 0.173 e. The van der Waals surface area contributed by atoms with E-state index in [0.717, 1.165) is 48.3 Å². The second-order valence-electron chi connectivity index (χ2n) is 8.76. The number of anilines is 1. The highest BCUT2D eigenvalue weighted by Gasteiger charge is 2.34. The molecule has 7 nitrogen and oxygen atoms in total. The molecule has 3 aromatic rings. The number of ether oxygens (including phenoxy) is 1.